The highest BCUT2D eigenvalue weighted by atomic mass is 19.1. The Morgan fingerprint density at radius 2 is 1.82 bits per heavy atom. The van der Waals surface area contributed by atoms with Gasteiger partial charge in [-0.15, -0.1) is 0 Å². The van der Waals surface area contributed by atoms with Crippen LogP contribution in [0.4, 0.5) is 4.39 Å². The maximum atomic E-state index is 13.3. The Bertz CT molecular complexity index is 466. The lowest BCUT2D eigenvalue weighted by Crippen LogP contribution is -2.08. The van der Waals surface area contributed by atoms with Crippen molar-refractivity contribution in [3.63, 3.8) is 0 Å². The van der Waals surface area contributed by atoms with E-state index in [2.05, 4.69) is 4.99 Å². The molecule has 0 bridgehead atoms. The minimum atomic E-state index is -0.647. The summed E-state index contributed by atoms with van der Waals surface area (Å²) in [6.45, 7) is 0. The van der Waals surface area contributed by atoms with E-state index in [9.17, 15) is 9.18 Å². The van der Waals surface area contributed by atoms with Gasteiger partial charge >= 0.3 is 0 Å². The summed E-state index contributed by atoms with van der Waals surface area (Å²) in [6.07, 6.45) is 2.97. The van der Waals surface area contributed by atoms with Gasteiger partial charge in [0.15, 0.2) is 0 Å². The first-order chi connectivity index (χ1) is 8.16. The molecule has 1 aliphatic rings. The number of benzene rings is 1. The Hall–Kier alpha value is -1.87. The zero-order chi connectivity index (χ0) is 12.5. The monoisotopic (exact) mass is 237 g/mol. The van der Waals surface area contributed by atoms with Gasteiger partial charge < -0.3 is 9.47 Å². The van der Waals surface area contributed by atoms with Crippen molar-refractivity contribution in [1.29, 1.82) is 0 Å². The van der Waals surface area contributed by atoms with Gasteiger partial charge in [-0.2, -0.15) is 4.99 Å². The molecule has 0 heterocycles. The van der Waals surface area contributed by atoms with Crippen LogP contribution in [0, 0.1) is 5.82 Å². The normalized spacial score (nSPS) is 15.9. The number of rotatable bonds is 4. The van der Waals surface area contributed by atoms with E-state index in [0.717, 1.165) is 0 Å². The van der Waals surface area contributed by atoms with Crippen LogP contribution in [-0.4, -0.2) is 20.3 Å². The predicted molar refractivity (Wildman–Crippen MR) is 58.5 cm³/mol. The minimum absolute atomic E-state index is 0.346. The number of hydrogen-bond donors (Lipinski definition) is 0. The van der Waals surface area contributed by atoms with Crippen molar-refractivity contribution in [2.45, 2.75) is 18.4 Å². The third kappa shape index (κ3) is 1.89. The van der Waals surface area contributed by atoms with Crippen molar-refractivity contribution in [2.24, 2.45) is 4.99 Å². The van der Waals surface area contributed by atoms with Crippen molar-refractivity contribution in [2.75, 3.05) is 14.2 Å². The Morgan fingerprint density at radius 1 is 1.29 bits per heavy atom. The molecule has 1 aromatic carbocycles. The fraction of sp³-hybridized carbons (Fsp3) is 0.417. The average molecular weight is 237 g/mol. The van der Waals surface area contributed by atoms with Crippen LogP contribution in [0.25, 0.3) is 0 Å². The quantitative estimate of drug-likeness (QED) is 0.595. The Kier molecular flexibility index (Phi) is 2.86. The van der Waals surface area contributed by atoms with Crippen LogP contribution in [0.3, 0.4) is 0 Å². The zero-order valence-electron chi connectivity index (χ0n) is 9.62. The highest BCUT2D eigenvalue weighted by Gasteiger charge is 2.49. The number of methoxy groups -OCH3 is 2. The summed E-state index contributed by atoms with van der Waals surface area (Å²) in [4.78, 5) is 14.2. The molecule has 0 saturated heterocycles. The van der Waals surface area contributed by atoms with Crippen LogP contribution in [-0.2, 0) is 10.3 Å². The van der Waals surface area contributed by atoms with Crippen molar-refractivity contribution < 1.29 is 18.7 Å². The number of aliphatic imine (C=N–C) groups is 1. The molecule has 90 valence electrons. The van der Waals surface area contributed by atoms with E-state index in [0.29, 0.717) is 29.9 Å². The van der Waals surface area contributed by atoms with Crippen LogP contribution in [0.5, 0.6) is 11.5 Å². The van der Waals surface area contributed by atoms with Gasteiger partial charge in [0.25, 0.3) is 0 Å². The number of hydrogen-bond acceptors (Lipinski definition) is 4. The molecule has 17 heavy (non-hydrogen) atoms. The van der Waals surface area contributed by atoms with Crippen LogP contribution >= 0.6 is 0 Å². The fourth-order valence-corrected chi connectivity index (χ4v) is 1.96. The summed E-state index contributed by atoms with van der Waals surface area (Å²) in [5, 5.41) is 0. The Labute approximate surface area is 98.1 Å². The lowest BCUT2D eigenvalue weighted by Gasteiger charge is -2.17. The minimum Gasteiger partial charge on any atom is -0.496 e. The number of carbonyl (C=O) groups excluding carboxylic acids is 1. The molecule has 0 radical (unpaired) electrons. The fourth-order valence-electron chi connectivity index (χ4n) is 1.96. The van der Waals surface area contributed by atoms with Crippen LogP contribution < -0.4 is 9.47 Å². The van der Waals surface area contributed by atoms with E-state index in [4.69, 9.17) is 9.47 Å². The molecule has 5 heteroatoms. The topological polar surface area (TPSA) is 47.9 Å². The van der Waals surface area contributed by atoms with Gasteiger partial charge in [0.05, 0.1) is 19.8 Å². The van der Waals surface area contributed by atoms with Crippen LogP contribution in [0.15, 0.2) is 17.1 Å². The highest BCUT2D eigenvalue weighted by Crippen LogP contribution is 2.55. The maximum absolute atomic E-state index is 13.3. The van der Waals surface area contributed by atoms with E-state index in [1.54, 1.807) is 6.08 Å². The zero-order valence-corrected chi connectivity index (χ0v) is 9.62. The van der Waals surface area contributed by atoms with Gasteiger partial charge in [0.1, 0.15) is 22.9 Å². The molecular formula is C12H12FNO3. The Morgan fingerprint density at radius 3 is 2.18 bits per heavy atom. The third-order valence-electron chi connectivity index (χ3n) is 2.92. The molecule has 2 rings (SSSR count). The van der Waals surface area contributed by atoms with Gasteiger partial charge in [0.2, 0.25) is 6.08 Å². The molecule has 4 nitrogen and oxygen atoms in total. The van der Waals surface area contributed by atoms with Gasteiger partial charge in [-0.3, -0.25) is 0 Å². The summed E-state index contributed by atoms with van der Waals surface area (Å²) in [7, 11) is 2.89. The largest absolute Gasteiger partial charge is 0.496 e. The Balaban J connectivity index is 2.62. The van der Waals surface area contributed by atoms with Crippen LogP contribution in [0.2, 0.25) is 0 Å². The highest BCUT2D eigenvalue weighted by molar-refractivity contribution is 5.54. The number of ether oxygens (including phenoxy) is 2. The first-order valence-corrected chi connectivity index (χ1v) is 5.18. The molecule has 1 saturated carbocycles. The lowest BCUT2D eigenvalue weighted by atomic mass is 10.0. The van der Waals surface area contributed by atoms with E-state index in [-0.39, 0.29) is 0 Å². The van der Waals surface area contributed by atoms with Crippen LogP contribution in [0.1, 0.15) is 18.4 Å². The number of isocyanates is 1. The molecule has 0 unspecified atom stereocenters. The summed E-state index contributed by atoms with van der Waals surface area (Å²) in [6, 6.07) is 2.52. The molecule has 1 aliphatic carbocycles. The molecule has 1 fully saturated rings. The van der Waals surface area contributed by atoms with E-state index >= 15 is 0 Å². The van der Waals surface area contributed by atoms with Gasteiger partial charge in [-0.1, -0.05) is 0 Å². The second-order valence-corrected chi connectivity index (χ2v) is 3.92. The van der Waals surface area contributed by atoms with Crippen molar-refractivity contribution >= 4 is 6.08 Å². The van der Waals surface area contributed by atoms with Gasteiger partial charge in [-0.05, 0) is 12.8 Å². The molecule has 0 amide bonds. The molecular weight excluding hydrogens is 225 g/mol. The number of halogens is 1. The third-order valence-corrected chi connectivity index (χ3v) is 2.92. The first kappa shape index (κ1) is 11.6. The summed E-state index contributed by atoms with van der Waals surface area (Å²) < 4.78 is 23.6. The standard InChI is InChI=1S/C12H12FNO3/c1-16-9-5-8(13)6-10(17-2)11(9)12(3-4-12)14-7-15/h5-6H,3-4H2,1-2H3. The van der Waals surface area contributed by atoms with E-state index in [1.165, 1.54) is 26.4 Å². The maximum Gasteiger partial charge on any atom is 0.235 e. The smallest absolute Gasteiger partial charge is 0.235 e. The second-order valence-electron chi connectivity index (χ2n) is 3.92. The molecule has 0 aliphatic heterocycles. The average Bonchev–Trinajstić information content (AvgIpc) is 3.08. The first-order valence-electron chi connectivity index (χ1n) is 5.18. The lowest BCUT2D eigenvalue weighted by molar-refractivity contribution is 0.372. The predicted octanol–water partition coefficient (Wildman–Crippen LogP) is 2.17. The summed E-state index contributed by atoms with van der Waals surface area (Å²) >= 11 is 0. The summed E-state index contributed by atoms with van der Waals surface area (Å²) in [5.74, 6) is 0.241. The van der Waals surface area contributed by atoms with Gasteiger partial charge in [-0.25, -0.2) is 9.18 Å². The van der Waals surface area contributed by atoms with Crippen molar-refractivity contribution in [1.82, 2.24) is 0 Å². The molecule has 0 aromatic heterocycles. The van der Waals surface area contributed by atoms with Crippen molar-refractivity contribution in [3.8, 4) is 11.5 Å². The SMILES string of the molecule is COc1cc(F)cc(OC)c1C1(N=C=O)CC1. The molecule has 0 atom stereocenters. The molecule has 1 aromatic rings. The number of nitrogens with zero attached hydrogens (tertiary/aromatic N) is 1. The molecule has 0 spiro atoms. The van der Waals surface area contributed by atoms with E-state index in [1.807, 2.05) is 0 Å². The molecule has 0 N–H and O–H groups in total. The van der Waals surface area contributed by atoms with Gasteiger partial charge in [0, 0.05) is 12.1 Å². The van der Waals surface area contributed by atoms with Crippen molar-refractivity contribution in [3.05, 3.63) is 23.5 Å². The van der Waals surface area contributed by atoms with E-state index < -0.39 is 11.4 Å². The second kappa shape index (κ2) is 4.18. The summed E-state index contributed by atoms with van der Waals surface area (Å²) in [5.41, 5.74) is -0.0289.